The lowest BCUT2D eigenvalue weighted by Gasteiger charge is -2.59. The highest BCUT2D eigenvalue weighted by atomic mass is 32.3. The Bertz CT molecular complexity index is 862. The molecule has 4 rings (SSSR count). The van der Waals surface area contributed by atoms with Crippen LogP contribution >= 0.6 is 0 Å². The predicted octanol–water partition coefficient (Wildman–Crippen LogP) is 2.15. The fourth-order valence-corrected chi connectivity index (χ4v) is 7.71. The van der Waals surface area contributed by atoms with E-state index in [1.807, 2.05) is 6.92 Å². The first-order valence-corrected chi connectivity index (χ1v) is 11.8. The summed E-state index contributed by atoms with van der Waals surface area (Å²) >= 11 is 0. The van der Waals surface area contributed by atoms with Crippen LogP contribution in [-0.2, 0) is 24.2 Å². The Kier molecular flexibility index (Phi) is 5.08. The van der Waals surface area contributed by atoms with Crippen LogP contribution < -0.4 is 0 Å². The van der Waals surface area contributed by atoms with Gasteiger partial charge in [0.25, 0.3) is 0 Å². The van der Waals surface area contributed by atoms with Crippen molar-refractivity contribution in [1.82, 2.24) is 0 Å². The molecule has 1 N–H and O–H groups in total. The van der Waals surface area contributed by atoms with Gasteiger partial charge >= 0.3 is 0 Å². The van der Waals surface area contributed by atoms with Crippen LogP contribution in [0.2, 0.25) is 0 Å². The molecule has 29 heavy (non-hydrogen) atoms. The molecule has 0 heterocycles. The van der Waals surface area contributed by atoms with Crippen molar-refractivity contribution >= 4 is 22.0 Å². The first kappa shape index (κ1) is 21.2. The Morgan fingerprint density at radius 1 is 1.28 bits per heavy atom. The van der Waals surface area contributed by atoms with E-state index in [1.54, 1.807) is 6.08 Å². The first-order chi connectivity index (χ1) is 13.5. The molecule has 0 unspecified atom stereocenters. The van der Waals surface area contributed by atoms with E-state index in [1.165, 1.54) is 0 Å². The number of ketones is 2. The van der Waals surface area contributed by atoms with E-state index in [4.69, 9.17) is 0 Å². The lowest BCUT2D eigenvalue weighted by atomic mass is 9.46. The van der Waals surface area contributed by atoms with Crippen LogP contribution in [0.25, 0.3) is 0 Å². The lowest BCUT2D eigenvalue weighted by molar-refractivity contribution is -0.146. The third kappa shape index (κ3) is 3.42. The molecular formula is C21H29O7S-. The average Bonchev–Trinajstić information content (AvgIpc) is 2.96. The Balaban J connectivity index is 1.60. The fourth-order valence-electron chi connectivity index (χ4n) is 7.45. The Hall–Kier alpha value is -1.09. The van der Waals surface area contributed by atoms with Gasteiger partial charge in [0, 0.05) is 12.3 Å². The predicted molar refractivity (Wildman–Crippen MR) is 102 cm³/mol. The molecule has 4 aliphatic carbocycles. The summed E-state index contributed by atoms with van der Waals surface area (Å²) < 4.78 is 36.5. The van der Waals surface area contributed by atoms with E-state index in [2.05, 4.69) is 11.1 Å². The quantitative estimate of drug-likeness (QED) is 0.541. The van der Waals surface area contributed by atoms with Crippen LogP contribution in [0.3, 0.4) is 0 Å². The molecule has 3 saturated carbocycles. The summed E-state index contributed by atoms with van der Waals surface area (Å²) in [6.45, 7) is 3.48. The van der Waals surface area contributed by atoms with Crippen molar-refractivity contribution in [3.63, 3.8) is 0 Å². The summed E-state index contributed by atoms with van der Waals surface area (Å²) in [4.78, 5) is 24.6. The van der Waals surface area contributed by atoms with Crippen LogP contribution in [0.15, 0.2) is 11.6 Å². The van der Waals surface area contributed by atoms with E-state index in [0.717, 1.165) is 31.3 Å². The second-order valence-electron chi connectivity index (χ2n) is 9.93. The maximum absolute atomic E-state index is 12.7. The minimum Gasteiger partial charge on any atom is -0.726 e. The first-order valence-electron chi connectivity index (χ1n) is 10.5. The van der Waals surface area contributed by atoms with E-state index in [0.29, 0.717) is 19.3 Å². The molecule has 0 radical (unpaired) electrons. The van der Waals surface area contributed by atoms with Gasteiger partial charge in [-0.25, -0.2) is 8.42 Å². The van der Waals surface area contributed by atoms with Gasteiger partial charge in [0.2, 0.25) is 10.4 Å². The van der Waals surface area contributed by atoms with Crippen molar-refractivity contribution in [3.05, 3.63) is 11.6 Å². The average molecular weight is 426 g/mol. The Morgan fingerprint density at radius 3 is 2.69 bits per heavy atom. The molecule has 8 heteroatoms. The topological polar surface area (TPSA) is 121 Å². The molecule has 3 fully saturated rings. The number of aliphatic hydroxyl groups is 1. The van der Waals surface area contributed by atoms with E-state index in [9.17, 15) is 27.7 Å². The highest BCUT2D eigenvalue weighted by Gasteiger charge is 2.62. The maximum atomic E-state index is 12.7. The summed E-state index contributed by atoms with van der Waals surface area (Å²) in [6.07, 6.45) is 6.16. The van der Waals surface area contributed by atoms with Crippen molar-refractivity contribution in [1.29, 1.82) is 0 Å². The number of rotatable bonds is 4. The maximum Gasteiger partial charge on any atom is 0.218 e. The largest absolute Gasteiger partial charge is 0.726 e. The molecule has 0 aromatic rings. The van der Waals surface area contributed by atoms with Crippen LogP contribution in [-0.4, -0.2) is 42.4 Å². The molecule has 0 aliphatic heterocycles. The van der Waals surface area contributed by atoms with Gasteiger partial charge in [-0.05, 0) is 73.2 Å². The number of aliphatic hydroxyl groups excluding tert-OH is 1. The molecule has 0 saturated heterocycles. The summed E-state index contributed by atoms with van der Waals surface area (Å²) in [7, 11) is -4.91. The van der Waals surface area contributed by atoms with Gasteiger partial charge in [-0.15, -0.1) is 0 Å². The molecule has 7 atom stereocenters. The van der Waals surface area contributed by atoms with Crippen molar-refractivity contribution in [2.75, 3.05) is 6.61 Å². The zero-order valence-corrected chi connectivity index (χ0v) is 17.7. The zero-order valence-electron chi connectivity index (χ0n) is 16.9. The summed E-state index contributed by atoms with van der Waals surface area (Å²) in [6, 6.07) is 0. The van der Waals surface area contributed by atoms with Gasteiger partial charge in [0.05, 0.1) is 6.10 Å². The van der Waals surface area contributed by atoms with Crippen molar-refractivity contribution in [2.45, 2.75) is 64.9 Å². The van der Waals surface area contributed by atoms with Gasteiger partial charge in [0.1, 0.15) is 6.61 Å². The standard InChI is InChI=1S/C21H30O7S/c1-20-8-7-13(22)9-12(20)3-4-14-15-5-6-16(18(24)11-28-29(25,26)27)21(15,2)10-17(23)19(14)20/h9,14-17,19,23H,3-8,10-11H2,1-2H3,(H,25,26,27)/p-1/t14-,15-,16+,17-,19+,20-,21-/m0/s1. The Labute approximate surface area is 171 Å². The van der Waals surface area contributed by atoms with Crippen LogP contribution in [0.4, 0.5) is 0 Å². The monoisotopic (exact) mass is 425 g/mol. The molecule has 0 bridgehead atoms. The van der Waals surface area contributed by atoms with Crippen molar-refractivity contribution in [2.24, 2.45) is 34.5 Å². The van der Waals surface area contributed by atoms with Crippen molar-refractivity contribution in [3.8, 4) is 0 Å². The molecule has 4 aliphatic rings. The molecule has 0 aromatic carbocycles. The van der Waals surface area contributed by atoms with Gasteiger partial charge in [0.15, 0.2) is 11.6 Å². The number of carbonyl (C=O) groups is 2. The van der Waals surface area contributed by atoms with Gasteiger partial charge in [-0.1, -0.05) is 19.4 Å². The third-order valence-corrected chi connectivity index (χ3v) is 9.03. The minimum atomic E-state index is -4.91. The van der Waals surface area contributed by atoms with Gasteiger partial charge < -0.3 is 9.66 Å². The summed E-state index contributed by atoms with van der Waals surface area (Å²) in [5, 5.41) is 11.2. The molecule has 0 amide bonds. The summed E-state index contributed by atoms with van der Waals surface area (Å²) in [5.74, 6) is -0.0223. The molecule has 0 spiro atoms. The van der Waals surface area contributed by atoms with Gasteiger partial charge in [-0.2, -0.15) is 0 Å². The van der Waals surface area contributed by atoms with E-state index in [-0.39, 0.29) is 34.7 Å². The number of hydrogen-bond donors (Lipinski definition) is 1. The highest BCUT2D eigenvalue weighted by molar-refractivity contribution is 7.80. The molecule has 0 aromatic heterocycles. The number of allylic oxidation sites excluding steroid dienone is 1. The fraction of sp³-hybridized carbons (Fsp3) is 0.810. The van der Waals surface area contributed by atoms with E-state index >= 15 is 0 Å². The Morgan fingerprint density at radius 2 is 2.00 bits per heavy atom. The van der Waals surface area contributed by atoms with Crippen LogP contribution in [0, 0.1) is 34.5 Å². The van der Waals surface area contributed by atoms with E-state index < -0.39 is 34.4 Å². The van der Waals surface area contributed by atoms with Crippen LogP contribution in [0.1, 0.15) is 58.8 Å². The number of fused-ring (bicyclic) bond motifs is 5. The number of Topliss-reactive ketones (excluding diaryl/α,β-unsaturated/α-hetero) is 1. The smallest absolute Gasteiger partial charge is 0.218 e. The third-order valence-electron chi connectivity index (χ3n) is 8.63. The number of hydrogen-bond acceptors (Lipinski definition) is 7. The second kappa shape index (κ2) is 6.97. The molecular weight excluding hydrogens is 396 g/mol. The normalized spacial score (nSPS) is 44.5. The highest BCUT2D eigenvalue weighted by Crippen LogP contribution is 2.66. The summed E-state index contributed by atoms with van der Waals surface area (Å²) in [5.41, 5.74) is 0.548. The zero-order chi connectivity index (χ0) is 21.2. The minimum absolute atomic E-state index is 0.0702. The van der Waals surface area contributed by atoms with Gasteiger partial charge in [-0.3, -0.25) is 13.8 Å². The number of carbonyl (C=O) groups excluding carboxylic acids is 2. The molecule has 162 valence electrons. The molecule has 7 nitrogen and oxygen atoms in total. The van der Waals surface area contributed by atoms with Crippen LogP contribution in [0.5, 0.6) is 0 Å². The lowest BCUT2D eigenvalue weighted by Crippen LogP contribution is -2.57. The SMILES string of the molecule is C[C@]12C[C@H](O)[C@H]3[C@@H](CCC4=CC(=O)CC[C@@]43C)[C@@H]1CC[C@@H]2C(=O)COS(=O)(=O)[O-]. The van der Waals surface area contributed by atoms with Crippen molar-refractivity contribution < 1.29 is 31.8 Å². The second-order valence-corrected chi connectivity index (χ2v) is 11.0.